The number of likely N-dealkylation sites (N-methyl/N-ethyl adjacent to an activating group) is 1. The van der Waals surface area contributed by atoms with E-state index in [0.717, 1.165) is 30.6 Å². The van der Waals surface area contributed by atoms with Gasteiger partial charge in [-0.2, -0.15) is 4.98 Å². The number of amides is 1. The van der Waals surface area contributed by atoms with Crippen molar-refractivity contribution in [1.29, 1.82) is 0 Å². The molecule has 0 aliphatic carbocycles. The van der Waals surface area contributed by atoms with Gasteiger partial charge in [-0.1, -0.05) is 23.7 Å². The molecule has 0 bridgehead atoms. The van der Waals surface area contributed by atoms with Crippen LogP contribution in [0, 0.1) is 6.92 Å². The molecule has 1 aliphatic rings. The number of benzene rings is 1. The zero-order valence-electron chi connectivity index (χ0n) is 18.1. The molecule has 1 aliphatic heterocycles. The topological polar surface area (TPSA) is 95.3 Å². The summed E-state index contributed by atoms with van der Waals surface area (Å²) in [6.07, 6.45) is 6.36. The first-order chi connectivity index (χ1) is 15.4. The highest BCUT2D eigenvalue weighted by Crippen LogP contribution is 2.20. The van der Waals surface area contributed by atoms with Gasteiger partial charge in [-0.05, 0) is 50.7 Å². The Morgan fingerprint density at radius 1 is 1.38 bits per heavy atom. The number of carbonyl (C=O) groups excluding carboxylic acids is 1. The van der Waals surface area contributed by atoms with Crippen LogP contribution in [0.25, 0.3) is 5.82 Å². The van der Waals surface area contributed by atoms with Gasteiger partial charge in [0.2, 0.25) is 5.95 Å². The number of aliphatic hydroxyl groups excluding tert-OH is 1. The summed E-state index contributed by atoms with van der Waals surface area (Å²) < 4.78 is 1.81. The summed E-state index contributed by atoms with van der Waals surface area (Å²) in [5, 5.41) is 16.6. The highest BCUT2D eigenvalue weighted by atomic mass is 35.5. The Balaban J connectivity index is 1.49. The van der Waals surface area contributed by atoms with Crippen molar-refractivity contribution in [2.45, 2.75) is 25.4 Å². The Morgan fingerprint density at radius 2 is 2.22 bits per heavy atom. The van der Waals surface area contributed by atoms with Crippen molar-refractivity contribution in [1.82, 2.24) is 24.8 Å². The molecule has 168 valence electrons. The van der Waals surface area contributed by atoms with Crippen LogP contribution < -0.4 is 10.6 Å². The number of anilines is 1. The van der Waals surface area contributed by atoms with Crippen LogP contribution >= 0.6 is 11.6 Å². The van der Waals surface area contributed by atoms with Crippen LogP contribution in [0.3, 0.4) is 0 Å². The van der Waals surface area contributed by atoms with Gasteiger partial charge in [-0.3, -0.25) is 4.79 Å². The standard InChI is InChI=1S/C23H27ClN6O2/c1-15-11-25-23(26-19-7-8-29(2)13-19)28-21(15)30-9-6-17(12-30)22(32)27-20(14-31)16-4-3-5-18(24)10-16/h3-6,9-12,19-20,31H,7-8,13-14H2,1-2H3,(H,27,32)(H,25,26,28)/t19?,20-/m1/s1. The summed E-state index contributed by atoms with van der Waals surface area (Å²) in [6, 6.07) is 8.58. The lowest BCUT2D eigenvalue weighted by atomic mass is 10.1. The molecule has 2 aromatic heterocycles. The summed E-state index contributed by atoms with van der Waals surface area (Å²) >= 11 is 6.04. The maximum atomic E-state index is 12.8. The van der Waals surface area contributed by atoms with Gasteiger partial charge in [0.15, 0.2) is 0 Å². The van der Waals surface area contributed by atoms with Crippen molar-refractivity contribution in [3.05, 3.63) is 70.6 Å². The number of aromatic nitrogens is 3. The molecule has 8 nitrogen and oxygen atoms in total. The van der Waals surface area contributed by atoms with E-state index < -0.39 is 6.04 Å². The largest absolute Gasteiger partial charge is 0.394 e. The third-order valence-corrected chi connectivity index (χ3v) is 5.84. The van der Waals surface area contributed by atoms with Crippen LogP contribution in [-0.4, -0.2) is 63.2 Å². The van der Waals surface area contributed by atoms with Crippen LogP contribution in [0.5, 0.6) is 0 Å². The minimum atomic E-state index is -0.550. The first kappa shape index (κ1) is 22.3. The molecule has 0 spiro atoms. The zero-order valence-corrected chi connectivity index (χ0v) is 18.9. The number of halogens is 1. The van der Waals surface area contributed by atoms with E-state index in [1.165, 1.54) is 0 Å². The summed E-state index contributed by atoms with van der Waals surface area (Å²) in [5.41, 5.74) is 2.11. The molecule has 0 radical (unpaired) electrons. The van der Waals surface area contributed by atoms with Crippen molar-refractivity contribution in [2.75, 3.05) is 32.1 Å². The molecule has 1 saturated heterocycles. The number of aryl methyl sites for hydroxylation is 1. The van der Waals surface area contributed by atoms with Gasteiger partial charge in [-0.25, -0.2) is 4.98 Å². The second kappa shape index (κ2) is 9.68. The van der Waals surface area contributed by atoms with Crippen molar-refractivity contribution < 1.29 is 9.90 Å². The Morgan fingerprint density at radius 3 is 2.94 bits per heavy atom. The Labute approximate surface area is 192 Å². The maximum Gasteiger partial charge on any atom is 0.253 e. The van der Waals surface area contributed by atoms with Crippen molar-refractivity contribution in [2.24, 2.45) is 0 Å². The third kappa shape index (κ3) is 5.09. The van der Waals surface area contributed by atoms with Crippen LogP contribution in [0.15, 0.2) is 48.9 Å². The average Bonchev–Trinajstić information content (AvgIpc) is 3.42. The number of carbonyl (C=O) groups is 1. The molecule has 3 heterocycles. The molecule has 1 amide bonds. The van der Waals surface area contributed by atoms with E-state index in [0.29, 0.717) is 28.4 Å². The summed E-state index contributed by atoms with van der Waals surface area (Å²) in [6.45, 7) is 3.71. The van der Waals surface area contributed by atoms with Crippen molar-refractivity contribution >= 4 is 23.5 Å². The van der Waals surface area contributed by atoms with Gasteiger partial charge in [-0.15, -0.1) is 0 Å². The zero-order chi connectivity index (χ0) is 22.7. The van der Waals surface area contributed by atoms with Gasteiger partial charge < -0.3 is 25.2 Å². The smallest absolute Gasteiger partial charge is 0.253 e. The quantitative estimate of drug-likeness (QED) is 0.508. The fraction of sp³-hybridized carbons (Fsp3) is 0.348. The van der Waals surface area contributed by atoms with Crippen LogP contribution in [-0.2, 0) is 0 Å². The van der Waals surface area contributed by atoms with E-state index in [4.69, 9.17) is 11.6 Å². The molecule has 3 N–H and O–H groups in total. The van der Waals surface area contributed by atoms with Gasteiger partial charge in [0, 0.05) is 41.8 Å². The number of hydrogen-bond acceptors (Lipinski definition) is 6. The number of nitrogens with zero attached hydrogens (tertiary/aromatic N) is 4. The molecule has 1 unspecified atom stereocenters. The van der Waals surface area contributed by atoms with Crippen molar-refractivity contribution in [3.8, 4) is 5.82 Å². The van der Waals surface area contributed by atoms with E-state index in [2.05, 4.69) is 32.5 Å². The van der Waals surface area contributed by atoms with E-state index >= 15 is 0 Å². The van der Waals surface area contributed by atoms with Crippen LogP contribution in [0.2, 0.25) is 5.02 Å². The van der Waals surface area contributed by atoms with Crippen LogP contribution in [0.1, 0.15) is 33.9 Å². The predicted octanol–water partition coefficient (Wildman–Crippen LogP) is 2.81. The fourth-order valence-electron chi connectivity index (χ4n) is 3.86. The van der Waals surface area contributed by atoms with E-state index in [9.17, 15) is 9.90 Å². The van der Waals surface area contributed by atoms with Gasteiger partial charge in [0.1, 0.15) is 5.82 Å². The number of hydrogen-bond donors (Lipinski definition) is 3. The molecule has 32 heavy (non-hydrogen) atoms. The molecule has 3 aromatic rings. The molecule has 9 heteroatoms. The summed E-state index contributed by atoms with van der Waals surface area (Å²) in [7, 11) is 2.10. The highest BCUT2D eigenvalue weighted by molar-refractivity contribution is 6.30. The first-order valence-corrected chi connectivity index (χ1v) is 10.9. The predicted molar refractivity (Wildman–Crippen MR) is 124 cm³/mol. The molecular formula is C23H27ClN6O2. The number of nitrogens with one attached hydrogen (secondary N) is 2. The van der Waals surface area contributed by atoms with Gasteiger partial charge >= 0.3 is 0 Å². The Kier molecular flexibility index (Phi) is 6.74. The second-order valence-corrected chi connectivity index (χ2v) is 8.60. The second-order valence-electron chi connectivity index (χ2n) is 8.16. The van der Waals surface area contributed by atoms with E-state index in [1.54, 1.807) is 42.9 Å². The molecule has 2 atom stereocenters. The maximum absolute atomic E-state index is 12.8. The third-order valence-electron chi connectivity index (χ3n) is 5.61. The van der Waals surface area contributed by atoms with Gasteiger partial charge in [0.05, 0.1) is 18.2 Å². The lowest BCUT2D eigenvalue weighted by Crippen LogP contribution is -2.30. The molecule has 4 rings (SSSR count). The SMILES string of the molecule is Cc1cnc(NC2CCN(C)C2)nc1-n1ccc(C(=O)N[C@H](CO)c2cccc(Cl)c2)c1. The molecule has 1 fully saturated rings. The molecule has 1 aromatic carbocycles. The fourth-order valence-corrected chi connectivity index (χ4v) is 4.06. The normalized spacial score (nSPS) is 17.3. The lowest BCUT2D eigenvalue weighted by molar-refractivity contribution is 0.0916. The minimum absolute atomic E-state index is 0.233. The van der Waals surface area contributed by atoms with Gasteiger partial charge in [0.25, 0.3) is 5.91 Å². The number of rotatable bonds is 7. The lowest BCUT2D eigenvalue weighted by Gasteiger charge is -2.16. The highest BCUT2D eigenvalue weighted by Gasteiger charge is 2.21. The number of aliphatic hydroxyl groups is 1. The molecule has 0 saturated carbocycles. The monoisotopic (exact) mass is 454 g/mol. The minimum Gasteiger partial charge on any atom is -0.394 e. The van der Waals surface area contributed by atoms with Crippen LogP contribution in [0.4, 0.5) is 5.95 Å². The van der Waals surface area contributed by atoms with E-state index in [1.807, 2.05) is 17.6 Å². The van der Waals surface area contributed by atoms with E-state index in [-0.39, 0.29) is 12.5 Å². The average molecular weight is 455 g/mol. The number of likely N-dealkylation sites (tertiary alicyclic amines) is 1. The first-order valence-electron chi connectivity index (χ1n) is 10.6. The van der Waals surface area contributed by atoms with Crippen molar-refractivity contribution in [3.63, 3.8) is 0 Å². The summed E-state index contributed by atoms with van der Waals surface area (Å²) in [4.78, 5) is 24.2. The molecular weight excluding hydrogens is 428 g/mol. The summed E-state index contributed by atoms with van der Waals surface area (Å²) in [5.74, 6) is 0.996. The Bertz CT molecular complexity index is 1100. The Hall–Kier alpha value is -2.94.